The van der Waals surface area contributed by atoms with Crippen molar-refractivity contribution in [1.82, 2.24) is 0 Å². The van der Waals surface area contributed by atoms with Crippen LogP contribution in [0.5, 0.6) is 0 Å². The molecule has 4 heteroatoms. The summed E-state index contributed by atoms with van der Waals surface area (Å²) >= 11 is 0. The molecule has 0 amide bonds. The van der Waals surface area contributed by atoms with Gasteiger partial charge in [-0.15, -0.1) is 0 Å². The van der Waals surface area contributed by atoms with Crippen molar-refractivity contribution in [3.63, 3.8) is 0 Å². The van der Waals surface area contributed by atoms with Crippen molar-refractivity contribution < 1.29 is 50.3 Å². The fraction of sp³-hybridized carbons (Fsp3) is 0. The van der Waals surface area contributed by atoms with Gasteiger partial charge >= 0.3 is 0 Å². The van der Waals surface area contributed by atoms with Crippen molar-refractivity contribution in [1.29, 1.82) is 0 Å². The van der Waals surface area contributed by atoms with Crippen LogP contribution in [0.15, 0.2) is 0 Å². The first kappa shape index (κ1) is 33.3. The molecule has 30 valence electrons. The van der Waals surface area contributed by atoms with Gasteiger partial charge in [-0.05, 0) is 0 Å². The van der Waals surface area contributed by atoms with Gasteiger partial charge < -0.3 is 0 Å². The van der Waals surface area contributed by atoms with Crippen molar-refractivity contribution >= 4 is 23.9 Å². The van der Waals surface area contributed by atoms with Crippen molar-refractivity contribution in [3.05, 3.63) is 0 Å². The number of hydrogen-bond donors (Lipinski definition) is 0. The van der Waals surface area contributed by atoms with E-state index in [0.717, 1.165) is 0 Å². The smallest absolute Gasteiger partial charge is 0 e. The van der Waals surface area contributed by atoms with Gasteiger partial charge in [-0.25, -0.2) is 0 Å². The van der Waals surface area contributed by atoms with E-state index in [0.29, 0.717) is 0 Å². The van der Waals surface area contributed by atoms with Crippen LogP contribution in [0.1, 0.15) is 0 Å². The van der Waals surface area contributed by atoms with Crippen LogP contribution in [0, 0.1) is 0 Å². The van der Waals surface area contributed by atoms with Gasteiger partial charge in [-0.1, -0.05) is 0 Å². The fourth-order valence-corrected chi connectivity index (χ4v) is 0. The maximum absolute atomic E-state index is 0. The monoisotopic (exact) mass is 292 g/mol. The largest absolute Gasteiger partial charge is 0 e. The third-order valence-corrected chi connectivity index (χ3v) is 0. The molecule has 0 aliphatic rings. The molecule has 0 heterocycles. The molecule has 0 rings (SSSR count). The van der Waals surface area contributed by atoms with Crippen LogP contribution in [0.2, 0.25) is 0 Å². The third kappa shape index (κ3) is 8.85. The Balaban J connectivity index is 0. The molecule has 6 radical (unpaired) electrons. The van der Waals surface area contributed by atoms with E-state index in [1.807, 2.05) is 0 Å². The minimum atomic E-state index is 0. The summed E-state index contributed by atoms with van der Waals surface area (Å²) in [5.74, 6) is 0. The summed E-state index contributed by atoms with van der Waals surface area (Å²) in [6.45, 7) is 0. The predicted octanol–water partition coefficient (Wildman–Crippen LogP) is -0.388. The van der Waals surface area contributed by atoms with Gasteiger partial charge in [0.1, 0.15) is 0 Å². The van der Waals surface area contributed by atoms with Crippen molar-refractivity contribution in [2.45, 2.75) is 0 Å². The second-order valence-corrected chi connectivity index (χ2v) is 0. The van der Waals surface area contributed by atoms with Crippen molar-refractivity contribution in [2.24, 2.45) is 0 Å². The Hall–Kier alpha value is 2.32. The van der Waals surface area contributed by atoms with E-state index in [4.69, 9.17) is 0 Å². The molecule has 0 nitrogen and oxygen atoms in total. The molecule has 0 aromatic heterocycles. The fourth-order valence-electron chi connectivity index (χ4n) is 0. The Bertz CT molecular complexity index is 8.00. The summed E-state index contributed by atoms with van der Waals surface area (Å²) in [4.78, 5) is 0. The molecule has 0 atom stereocenters. The van der Waals surface area contributed by atoms with Gasteiger partial charge in [0.15, 0.2) is 0 Å². The topological polar surface area (TPSA) is 0 Å². The Morgan fingerprint density at radius 1 is 1.00 bits per heavy atom. The number of hydrogen-bond acceptors (Lipinski definition) is 0. The zero-order chi connectivity index (χ0) is 0. The molecule has 0 aliphatic heterocycles. The first-order chi connectivity index (χ1) is 0. The minimum Gasteiger partial charge on any atom is 0 e. The molecule has 0 saturated carbocycles. The average Bonchev–Trinajstić information content (AvgIpc) is 0. The van der Waals surface area contributed by atoms with Gasteiger partial charge in [0.25, 0.3) is 0 Å². The summed E-state index contributed by atoms with van der Waals surface area (Å²) < 4.78 is 0. The van der Waals surface area contributed by atoms with Gasteiger partial charge in [-0.3, -0.25) is 0 Å². The normalized spacial score (nSPS) is 0. The van der Waals surface area contributed by atoms with Crippen LogP contribution in [-0.2, 0) is 50.3 Å². The zero-order valence-corrected chi connectivity index (χ0v) is 7.59. The van der Waals surface area contributed by atoms with E-state index in [1.54, 1.807) is 0 Å². The Kier molecular flexibility index (Phi) is 153. The number of rotatable bonds is 0. The molecule has 0 spiro atoms. The second-order valence-electron chi connectivity index (χ2n) is 0. The molecule has 0 saturated heterocycles. The molecule has 0 fully saturated rings. The van der Waals surface area contributed by atoms with Crippen LogP contribution in [0.25, 0.3) is 0 Å². The van der Waals surface area contributed by atoms with Gasteiger partial charge in [0.2, 0.25) is 0 Å². The zero-order valence-electron chi connectivity index (χ0n) is 1.53. The van der Waals surface area contributed by atoms with Gasteiger partial charge in [0.05, 0.1) is 0 Å². The molecule has 0 aliphatic carbocycles. The quantitative estimate of drug-likeness (QED) is 0.533. The molecule has 0 aromatic rings. The molecular formula is CoMnNiSn. The van der Waals surface area contributed by atoms with Crippen LogP contribution >= 0.6 is 0 Å². The van der Waals surface area contributed by atoms with E-state index in [-0.39, 0.29) is 74.2 Å². The maximum Gasteiger partial charge on any atom is 0 e. The van der Waals surface area contributed by atoms with E-state index >= 15 is 0 Å². The van der Waals surface area contributed by atoms with Crippen LogP contribution < -0.4 is 0 Å². The van der Waals surface area contributed by atoms with Crippen molar-refractivity contribution in [3.8, 4) is 0 Å². The summed E-state index contributed by atoms with van der Waals surface area (Å²) in [6.07, 6.45) is 0. The Morgan fingerprint density at radius 3 is 1.00 bits per heavy atom. The average molecular weight is 291 g/mol. The third-order valence-electron chi connectivity index (χ3n) is 0. The maximum atomic E-state index is 0. The summed E-state index contributed by atoms with van der Waals surface area (Å²) in [7, 11) is 0. The van der Waals surface area contributed by atoms with Crippen LogP contribution in [0.3, 0.4) is 0 Å². The molecule has 0 aromatic carbocycles. The first-order valence-corrected chi connectivity index (χ1v) is 0. The van der Waals surface area contributed by atoms with Gasteiger partial charge in [0, 0.05) is 74.2 Å². The summed E-state index contributed by atoms with van der Waals surface area (Å²) in [5, 5.41) is 0. The molecule has 0 N–H and O–H groups in total. The summed E-state index contributed by atoms with van der Waals surface area (Å²) in [6, 6.07) is 0. The van der Waals surface area contributed by atoms with Gasteiger partial charge in [-0.2, -0.15) is 0 Å². The van der Waals surface area contributed by atoms with E-state index in [2.05, 4.69) is 0 Å². The SMILES string of the molecule is [Co].[Mn].[Ni].[Sn]. The molecular weight excluding hydrogens is 291 g/mol. The second kappa shape index (κ2) is 18.5. The van der Waals surface area contributed by atoms with Crippen molar-refractivity contribution in [2.75, 3.05) is 0 Å². The van der Waals surface area contributed by atoms with Crippen LogP contribution in [-0.4, -0.2) is 23.9 Å². The van der Waals surface area contributed by atoms with E-state index < -0.39 is 0 Å². The predicted molar refractivity (Wildman–Crippen MR) is 5.75 cm³/mol. The minimum absolute atomic E-state index is 0. The van der Waals surface area contributed by atoms with E-state index in [9.17, 15) is 0 Å². The van der Waals surface area contributed by atoms with Crippen LogP contribution in [0.4, 0.5) is 0 Å². The molecule has 4 heavy (non-hydrogen) atoms. The molecule has 0 unspecified atom stereocenters. The Labute approximate surface area is 73.4 Å². The Morgan fingerprint density at radius 2 is 1.00 bits per heavy atom. The summed E-state index contributed by atoms with van der Waals surface area (Å²) in [5.41, 5.74) is 0. The standard InChI is InChI=1S/Co.Mn.Ni.Sn. The first-order valence-electron chi connectivity index (χ1n) is 0. The van der Waals surface area contributed by atoms with E-state index in [1.165, 1.54) is 0 Å². The molecule has 0 bridgehead atoms.